The van der Waals surface area contributed by atoms with Gasteiger partial charge in [-0.15, -0.1) is 0 Å². The summed E-state index contributed by atoms with van der Waals surface area (Å²) in [4.78, 5) is 10.8. The molecule has 0 aliphatic carbocycles. The molecule has 70 valence electrons. The molecule has 1 aromatic carbocycles. The third kappa shape index (κ3) is 2.69. The van der Waals surface area contributed by atoms with E-state index in [4.69, 9.17) is 5.11 Å². The van der Waals surface area contributed by atoms with Crippen molar-refractivity contribution in [1.82, 2.24) is 0 Å². The number of carboxylic acid groups (broad SMARTS) is 1. The largest absolute Gasteiger partial charge is 0.481 e. The maximum absolute atomic E-state index is 10.8. The van der Waals surface area contributed by atoms with E-state index in [2.05, 4.69) is 22.6 Å². The Morgan fingerprint density at radius 3 is 2.77 bits per heavy atom. The second kappa shape index (κ2) is 4.60. The quantitative estimate of drug-likeness (QED) is 0.869. The van der Waals surface area contributed by atoms with E-state index in [1.807, 2.05) is 31.2 Å². The zero-order valence-corrected chi connectivity index (χ0v) is 9.48. The molecule has 13 heavy (non-hydrogen) atoms. The maximum atomic E-state index is 10.8. The number of carboxylic acids is 1. The minimum absolute atomic E-state index is 0.366. The Hall–Kier alpha value is -0.580. The van der Waals surface area contributed by atoms with Crippen LogP contribution in [0.3, 0.4) is 0 Å². The maximum Gasteiger partial charge on any atom is 0.310 e. The van der Waals surface area contributed by atoms with Crippen LogP contribution in [-0.4, -0.2) is 11.1 Å². The molecule has 1 atom stereocenters. The summed E-state index contributed by atoms with van der Waals surface area (Å²) in [6.07, 6.45) is 0.634. The van der Waals surface area contributed by atoms with Crippen molar-refractivity contribution >= 4 is 28.6 Å². The van der Waals surface area contributed by atoms with Gasteiger partial charge in [0.2, 0.25) is 0 Å². The van der Waals surface area contributed by atoms with Crippen LogP contribution in [0.2, 0.25) is 0 Å². The number of hydrogen-bond donors (Lipinski definition) is 1. The monoisotopic (exact) mass is 290 g/mol. The summed E-state index contributed by atoms with van der Waals surface area (Å²) >= 11 is 2.19. The van der Waals surface area contributed by atoms with Crippen LogP contribution in [0.15, 0.2) is 24.3 Å². The predicted molar refractivity (Wildman–Crippen MR) is 59.8 cm³/mol. The first kappa shape index (κ1) is 10.5. The first-order valence-corrected chi connectivity index (χ1v) is 5.21. The van der Waals surface area contributed by atoms with Crippen molar-refractivity contribution < 1.29 is 9.90 Å². The SMILES string of the molecule is CCC(C(=O)O)c1cccc(I)c1. The summed E-state index contributed by atoms with van der Waals surface area (Å²) < 4.78 is 1.08. The normalized spacial score (nSPS) is 12.5. The Bertz CT molecular complexity index is 310. The summed E-state index contributed by atoms with van der Waals surface area (Å²) in [5.41, 5.74) is 0.891. The lowest BCUT2D eigenvalue weighted by atomic mass is 9.97. The van der Waals surface area contributed by atoms with Gasteiger partial charge in [-0.25, -0.2) is 0 Å². The molecule has 1 rings (SSSR count). The van der Waals surface area contributed by atoms with Crippen LogP contribution in [-0.2, 0) is 4.79 Å². The van der Waals surface area contributed by atoms with E-state index in [0.717, 1.165) is 9.13 Å². The Balaban J connectivity index is 2.98. The molecule has 0 fully saturated rings. The third-order valence-corrected chi connectivity index (χ3v) is 2.63. The number of hydrogen-bond acceptors (Lipinski definition) is 1. The van der Waals surface area contributed by atoms with Crippen molar-refractivity contribution in [3.63, 3.8) is 0 Å². The lowest BCUT2D eigenvalue weighted by molar-refractivity contribution is -0.138. The molecular formula is C10H11IO2. The Morgan fingerprint density at radius 1 is 1.62 bits per heavy atom. The fraction of sp³-hybridized carbons (Fsp3) is 0.300. The molecule has 2 nitrogen and oxygen atoms in total. The van der Waals surface area contributed by atoms with Gasteiger partial charge < -0.3 is 5.11 Å². The Kier molecular flexibility index (Phi) is 3.71. The van der Waals surface area contributed by atoms with Crippen LogP contribution >= 0.6 is 22.6 Å². The summed E-state index contributed by atoms with van der Waals surface area (Å²) in [6.45, 7) is 1.89. The molecule has 0 radical (unpaired) electrons. The van der Waals surface area contributed by atoms with Crippen LogP contribution < -0.4 is 0 Å². The van der Waals surface area contributed by atoms with Crippen LogP contribution in [0.25, 0.3) is 0 Å². The van der Waals surface area contributed by atoms with Gasteiger partial charge >= 0.3 is 5.97 Å². The highest BCUT2D eigenvalue weighted by atomic mass is 127. The van der Waals surface area contributed by atoms with Gasteiger partial charge in [-0.3, -0.25) is 4.79 Å². The standard InChI is InChI=1S/C10H11IO2/c1-2-9(10(12)13)7-4-3-5-8(11)6-7/h3-6,9H,2H2,1H3,(H,12,13). The van der Waals surface area contributed by atoms with Gasteiger partial charge in [-0.05, 0) is 46.7 Å². The average Bonchev–Trinajstić information content (AvgIpc) is 2.04. The zero-order chi connectivity index (χ0) is 9.84. The van der Waals surface area contributed by atoms with Crippen molar-refractivity contribution in [1.29, 1.82) is 0 Å². The van der Waals surface area contributed by atoms with Crippen LogP contribution in [0.5, 0.6) is 0 Å². The first-order valence-electron chi connectivity index (χ1n) is 4.13. The molecule has 0 heterocycles. The number of carbonyl (C=O) groups is 1. The topological polar surface area (TPSA) is 37.3 Å². The predicted octanol–water partition coefficient (Wildman–Crippen LogP) is 2.87. The van der Waals surface area contributed by atoms with E-state index in [-0.39, 0.29) is 5.92 Å². The Morgan fingerprint density at radius 2 is 2.31 bits per heavy atom. The van der Waals surface area contributed by atoms with Crippen molar-refractivity contribution in [3.05, 3.63) is 33.4 Å². The van der Waals surface area contributed by atoms with Crippen molar-refractivity contribution in [2.75, 3.05) is 0 Å². The smallest absolute Gasteiger partial charge is 0.310 e. The molecule has 1 N–H and O–H groups in total. The van der Waals surface area contributed by atoms with Gasteiger partial charge in [0.15, 0.2) is 0 Å². The molecule has 1 unspecified atom stereocenters. The first-order chi connectivity index (χ1) is 6.15. The molecule has 0 spiro atoms. The van der Waals surface area contributed by atoms with E-state index in [1.54, 1.807) is 0 Å². The summed E-state index contributed by atoms with van der Waals surface area (Å²) in [5.74, 6) is -1.11. The second-order valence-corrected chi connectivity index (χ2v) is 4.10. The van der Waals surface area contributed by atoms with Gasteiger partial charge in [0, 0.05) is 3.57 Å². The van der Waals surface area contributed by atoms with Crippen molar-refractivity contribution in [2.45, 2.75) is 19.3 Å². The molecule has 0 aliphatic rings. The van der Waals surface area contributed by atoms with Gasteiger partial charge in [-0.1, -0.05) is 19.1 Å². The van der Waals surface area contributed by atoms with Gasteiger partial charge in [0.05, 0.1) is 5.92 Å². The van der Waals surface area contributed by atoms with E-state index in [1.165, 1.54) is 0 Å². The van der Waals surface area contributed by atoms with Crippen LogP contribution in [0.4, 0.5) is 0 Å². The molecule has 0 saturated heterocycles. The number of aliphatic carboxylic acids is 1. The molecule has 0 aromatic heterocycles. The highest BCUT2D eigenvalue weighted by Crippen LogP contribution is 2.21. The van der Waals surface area contributed by atoms with Crippen molar-refractivity contribution in [2.24, 2.45) is 0 Å². The highest BCUT2D eigenvalue weighted by molar-refractivity contribution is 14.1. The van der Waals surface area contributed by atoms with Gasteiger partial charge in [0.25, 0.3) is 0 Å². The molecule has 0 saturated carbocycles. The van der Waals surface area contributed by atoms with Gasteiger partial charge in [-0.2, -0.15) is 0 Å². The molecular weight excluding hydrogens is 279 g/mol. The van der Waals surface area contributed by atoms with E-state index in [0.29, 0.717) is 6.42 Å². The number of rotatable bonds is 3. The average molecular weight is 290 g/mol. The zero-order valence-electron chi connectivity index (χ0n) is 7.33. The fourth-order valence-corrected chi connectivity index (χ4v) is 1.84. The third-order valence-electron chi connectivity index (χ3n) is 1.96. The summed E-state index contributed by atoms with van der Waals surface area (Å²) in [5, 5.41) is 8.92. The Labute approximate surface area is 91.1 Å². The molecule has 3 heteroatoms. The number of benzene rings is 1. The number of halogens is 1. The van der Waals surface area contributed by atoms with Crippen molar-refractivity contribution in [3.8, 4) is 0 Å². The van der Waals surface area contributed by atoms with Crippen LogP contribution in [0, 0.1) is 3.57 Å². The minimum atomic E-state index is -0.746. The second-order valence-electron chi connectivity index (χ2n) is 2.85. The minimum Gasteiger partial charge on any atom is -0.481 e. The molecule has 0 aliphatic heterocycles. The lowest BCUT2D eigenvalue weighted by Crippen LogP contribution is -2.10. The van der Waals surface area contributed by atoms with E-state index in [9.17, 15) is 4.79 Å². The summed E-state index contributed by atoms with van der Waals surface area (Å²) in [6, 6.07) is 7.63. The fourth-order valence-electron chi connectivity index (χ4n) is 1.28. The van der Waals surface area contributed by atoms with E-state index >= 15 is 0 Å². The highest BCUT2D eigenvalue weighted by Gasteiger charge is 2.16. The van der Waals surface area contributed by atoms with Gasteiger partial charge in [0.1, 0.15) is 0 Å². The molecule has 1 aromatic rings. The van der Waals surface area contributed by atoms with Crippen LogP contribution in [0.1, 0.15) is 24.8 Å². The molecule has 0 amide bonds. The molecule has 0 bridgehead atoms. The lowest BCUT2D eigenvalue weighted by Gasteiger charge is -2.09. The summed E-state index contributed by atoms with van der Waals surface area (Å²) in [7, 11) is 0. The van der Waals surface area contributed by atoms with E-state index < -0.39 is 5.97 Å².